The van der Waals surface area contributed by atoms with Crippen LogP contribution in [0.25, 0.3) is 5.70 Å². The molecule has 0 radical (unpaired) electrons. The summed E-state index contributed by atoms with van der Waals surface area (Å²) in [4.78, 5) is 12.5. The highest BCUT2D eigenvalue weighted by Gasteiger charge is 2.34. The van der Waals surface area contributed by atoms with Crippen molar-refractivity contribution in [3.63, 3.8) is 0 Å². The number of thiocarbonyl (C=S) groups is 1. The van der Waals surface area contributed by atoms with Gasteiger partial charge in [-0.05, 0) is 36.0 Å². The van der Waals surface area contributed by atoms with E-state index in [1.165, 1.54) is 13.2 Å². The predicted octanol–water partition coefficient (Wildman–Crippen LogP) is 3.72. The van der Waals surface area contributed by atoms with Gasteiger partial charge in [0.15, 0.2) is 5.11 Å². The van der Waals surface area contributed by atoms with Crippen molar-refractivity contribution >= 4 is 40.6 Å². The van der Waals surface area contributed by atoms with E-state index in [2.05, 4.69) is 10.6 Å². The second-order valence-electron chi connectivity index (χ2n) is 5.48. The van der Waals surface area contributed by atoms with E-state index in [0.717, 1.165) is 12.1 Å². The van der Waals surface area contributed by atoms with Crippen LogP contribution in [0.4, 0.5) is 8.78 Å². The molecule has 0 amide bonds. The number of hydrogen-bond acceptors (Lipinski definition) is 3. The molecule has 8 heteroatoms. The number of benzene rings is 2. The zero-order valence-corrected chi connectivity index (χ0v) is 15.0. The molecule has 1 aliphatic heterocycles. The highest BCUT2D eigenvalue weighted by atomic mass is 35.5. The fourth-order valence-corrected chi connectivity index (χ4v) is 3.05. The summed E-state index contributed by atoms with van der Waals surface area (Å²) in [6.45, 7) is 0. The van der Waals surface area contributed by atoms with Gasteiger partial charge in [-0.1, -0.05) is 29.8 Å². The van der Waals surface area contributed by atoms with Crippen molar-refractivity contribution in [2.75, 3.05) is 7.11 Å². The first-order valence-electron chi connectivity index (χ1n) is 7.51. The number of carbonyl (C=O) groups excluding carboxylic acids is 1. The lowest BCUT2D eigenvalue weighted by atomic mass is 9.92. The molecule has 3 rings (SSSR count). The van der Waals surface area contributed by atoms with E-state index in [1.54, 1.807) is 24.3 Å². The lowest BCUT2D eigenvalue weighted by molar-refractivity contribution is -0.136. The molecule has 1 heterocycles. The van der Waals surface area contributed by atoms with E-state index in [1.807, 2.05) is 0 Å². The van der Waals surface area contributed by atoms with Crippen LogP contribution >= 0.6 is 23.8 Å². The molecule has 0 unspecified atom stereocenters. The van der Waals surface area contributed by atoms with Crippen molar-refractivity contribution < 1.29 is 18.3 Å². The molecular weight excluding hydrogens is 382 g/mol. The Labute approximate surface area is 158 Å². The molecule has 0 spiro atoms. The van der Waals surface area contributed by atoms with E-state index in [0.29, 0.717) is 16.3 Å². The Morgan fingerprint density at radius 2 is 1.88 bits per heavy atom. The highest BCUT2D eigenvalue weighted by molar-refractivity contribution is 7.80. The first-order valence-corrected chi connectivity index (χ1v) is 8.30. The number of carbonyl (C=O) groups is 1. The Balaban J connectivity index is 2.21. The van der Waals surface area contributed by atoms with E-state index in [9.17, 15) is 13.6 Å². The molecule has 26 heavy (non-hydrogen) atoms. The summed E-state index contributed by atoms with van der Waals surface area (Å²) in [5.74, 6) is -2.19. The lowest BCUT2D eigenvalue weighted by Crippen LogP contribution is -2.45. The van der Waals surface area contributed by atoms with Crippen molar-refractivity contribution in [3.8, 4) is 0 Å². The van der Waals surface area contributed by atoms with Gasteiger partial charge in [0.05, 0.1) is 24.4 Å². The first kappa shape index (κ1) is 18.3. The Bertz CT molecular complexity index is 916. The highest BCUT2D eigenvalue weighted by Crippen LogP contribution is 2.33. The number of hydrogen-bond donors (Lipinski definition) is 2. The molecule has 134 valence electrons. The fourth-order valence-electron chi connectivity index (χ4n) is 2.71. The van der Waals surface area contributed by atoms with Crippen molar-refractivity contribution in [2.24, 2.45) is 0 Å². The zero-order valence-electron chi connectivity index (χ0n) is 13.5. The second kappa shape index (κ2) is 7.39. The quantitative estimate of drug-likeness (QED) is 0.614. The summed E-state index contributed by atoms with van der Waals surface area (Å²) in [7, 11) is 1.22. The van der Waals surface area contributed by atoms with Gasteiger partial charge in [-0.25, -0.2) is 13.6 Å². The minimum absolute atomic E-state index is 0.0714. The number of methoxy groups -OCH3 is 1. The van der Waals surface area contributed by atoms with E-state index < -0.39 is 23.6 Å². The maximum Gasteiger partial charge on any atom is 0.338 e. The molecule has 1 aliphatic rings. The number of esters is 1. The summed E-state index contributed by atoms with van der Waals surface area (Å²) in [6, 6.07) is 8.87. The third kappa shape index (κ3) is 3.54. The zero-order chi connectivity index (χ0) is 18.8. The Kier molecular flexibility index (Phi) is 5.20. The minimum Gasteiger partial charge on any atom is -0.466 e. The summed E-state index contributed by atoms with van der Waals surface area (Å²) >= 11 is 11.1. The molecule has 0 aromatic heterocycles. The van der Waals surface area contributed by atoms with E-state index in [4.69, 9.17) is 28.6 Å². The van der Waals surface area contributed by atoms with Crippen molar-refractivity contribution in [1.82, 2.24) is 10.6 Å². The summed E-state index contributed by atoms with van der Waals surface area (Å²) in [6.07, 6.45) is 0. The van der Waals surface area contributed by atoms with Gasteiger partial charge in [-0.3, -0.25) is 0 Å². The molecule has 4 nitrogen and oxygen atoms in total. The van der Waals surface area contributed by atoms with Crippen LogP contribution in [-0.2, 0) is 9.53 Å². The van der Waals surface area contributed by atoms with Crippen LogP contribution in [0.2, 0.25) is 5.02 Å². The molecule has 0 aliphatic carbocycles. The predicted molar refractivity (Wildman–Crippen MR) is 98.4 cm³/mol. The maximum atomic E-state index is 14.3. The van der Waals surface area contributed by atoms with E-state index in [-0.39, 0.29) is 16.2 Å². The minimum atomic E-state index is -0.942. The molecule has 0 saturated heterocycles. The number of halogens is 3. The average molecular weight is 395 g/mol. The number of ether oxygens (including phenoxy) is 1. The summed E-state index contributed by atoms with van der Waals surface area (Å²) in [5, 5.41) is 6.46. The van der Waals surface area contributed by atoms with Crippen LogP contribution in [0.1, 0.15) is 17.2 Å². The molecule has 1 atom stereocenters. The van der Waals surface area contributed by atoms with Gasteiger partial charge in [0.2, 0.25) is 0 Å². The largest absolute Gasteiger partial charge is 0.466 e. The monoisotopic (exact) mass is 394 g/mol. The Morgan fingerprint density at radius 1 is 1.19 bits per heavy atom. The normalized spacial score (nSPS) is 16.8. The first-order chi connectivity index (χ1) is 12.4. The fraction of sp³-hybridized carbons (Fsp3) is 0.111. The van der Waals surface area contributed by atoms with Crippen LogP contribution in [0.5, 0.6) is 0 Å². The van der Waals surface area contributed by atoms with E-state index >= 15 is 0 Å². The van der Waals surface area contributed by atoms with Crippen LogP contribution in [0.3, 0.4) is 0 Å². The molecule has 0 fully saturated rings. The van der Waals surface area contributed by atoms with Gasteiger partial charge in [0.1, 0.15) is 11.6 Å². The van der Waals surface area contributed by atoms with Crippen LogP contribution < -0.4 is 10.6 Å². The molecule has 0 bridgehead atoms. The summed E-state index contributed by atoms with van der Waals surface area (Å²) < 4.78 is 32.5. The SMILES string of the molecule is COC(=O)C1=C(c2ccc(Cl)cc2)NC(=S)N[C@@H]1c1ccc(F)cc1F. The van der Waals surface area contributed by atoms with Gasteiger partial charge in [0, 0.05) is 16.7 Å². The molecule has 2 aromatic carbocycles. The molecule has 2 aromatic rings. The molecule has 0 saturated carbocycles. The van der Waals surface area contributed by atoms with Gasteiger partial charge in [0.25, 0.3) is 0 Å². The maximum absolute atomic E-state index is 14.3. The summed E-state index contributed by atoms with van der Waals surface area (Å²) in [5.41, 5.74) is 1.17. The van der Waals surface area contributed by atoms with Crippen molar-refractivity contribution in [1.29, 1.82) is 0 Å². The standard InChI is InChI=1S/C18H13ClF2N2O2S/c1-25-17(24)14-15(9-2-4-10(19)5-3-9)22-18(26)23-16(14)12-7-6-11(20)8-13(12)21/h2-8,16H,1H3,(H2,22,23,26)/t16-/m1/s1. The van der Waals surface area contributed by atoms with Gasteiger partial charge < -0.3 is 15.4 Å². The topological polar surface area (TPSA) is 50.4 Å². The van der Waals surface area contributed by atoms with Crippen molar-refractivity contribution in [2.45, 2.75) is 6.04 Å². The molecular formula is C18H13ClF2N2O2S. The number of rotatable bonds is 3. The van der Waals surface area contributed by atoms with Gasteiger partial charge in [-0.15, -0.1) is 0 Å². The van der Waals surface area contributed by atoms with Crippen LogP contribution in [0.15, 0.2) is 48.0 Å². The molecule has 2 N–H and O–H groups in total. The number of nitrogens with one attached hydrogen (secondary N) is 2. The van der Waals surface area contributed by atoms with Crippen molar-refractivity contribution in [3.05, 3.63) is 75.8 Å². The van der Waals surface area contributed by atoms with Crippen LogP contribution in [-0.4, -0.2) is 18.2 Å². The second-order valence-corrected chi connectivity index (χ2v) is 6.33. The Hall–Kier alpha value is -2.51. The van der Waals surface area contributed by atoms with Crippen LogP contribution in [0, 0.1) is 11.6 Å². The van der Waals surface area contributed by atoms with Gasteiger partial charge >= 0.3 is 5.97 Å². The Morgan fingerprint density at radius 3 is 2.50 bits per heavy atom. The third-order valence-corrected chi connectivity index (χ3v) is 4.36. The van der Waals surface area contributed by atoms with Gasteiger partial charge in [-0.2, -0.15) is 0 Å². The lowest BCUT2D eigenvalue weighted by Gasteiger charge is -2.31. The third-order valence-electron chi connectivity index (χ3n) is 3.88. The smallest absolute Gasteiger partial charge is 0.338 e. The average Bonchev–Trinajstić information content (AvgIpc) is 2.61.